The summed E-state index contributed by atoms with van der Waals surface area (Å²) in [5.41, 5.74) is 0.931. The summed E-state index contributed by atoms with van der Waals surface area (Å²) in [6.45, 7) is 1.50. The number of halogens is 1. The molecule has 0 aliphatic heterocycles. The summed E-state index contributed by atoms with van der Waals surface area (Å²) in [5.74, 6) is -0.959. The third kappa shape index (κ3) is 4.50. The van der Waals surface area contributed by atoms with Crippen LogP contribution in [0.5, 0.6) is 0 Å². The third-order valence-electron chi connectivity index (χ3n) is 2.09. The van der Waals surface area contributed by atoms with Gasteiger partial charge < -0.3 is 15.4 Å². The van der Waals surface area contributed by atoms with Gasteiger partial charge in [0.2, 0.25) is 0 Å². The molecule has 3 N–H and O–H groups in total. The highest BCUT2D eigenvalue weighted by atomic mass is 127. The van der Waals surface area contributed by atoms with Crippen LogP contribution < -0.4 is 5.23 Å². The molecular weight excluding hydrogens is 320 g/mol. The first-order valence-electron chi connectivity index (χ1n) is 4.90. The highest BCUT2D eigenvalue weighted by molar-refractivity contribution is 14.1. The summed E-state index contributed by atoms with van der Waals surface area (Å²) in [6.07, 6.45) is 0.358. The van der Waals surface area contributed by atoms with Gasteiger partial charge in [0.25, 0.3) is 0 Å². The van der Waals surface area contributed by atoms with E-state index in [9.17, 15) is 4.79 Å². The Hall–Kier alpha value is -0.595. The molecule has 6 heteroatoms. The molecule has 1 unspecified atom stereocenters. The molecule has 16 heavy (non-hydrogen) atoms. The molecule has 1 aromatic rings. The van der Waals surface area contributed by atoms with Gasteiger partial charge in [-0.1, -0.05) is 12.1 Å². The molecule has 0 aromatic heterocycles. The van der Waals surface area contributed by atoms with E-state index < -0.39 is 19.1 Å². The predicted octanol–water partition coefficient (Wildman–Crippen LogP) is 0.987. The van der Waals surface area contributed by atoms with Crippen molar-refractivity contribution in [3.8, 4) is 0 Å². The van der Waals surface area contributed by atoms with Gasteiger partial charge in [0, 0.05) is 3.57 Å². The number of carboxylic acid groups (broad SMARTS) is 1. The molecule has 1 rings (SSSR count). The van der Waals surface area contributed by atoms with Crippen LogP contribution in [0.25, 0.3) is 0 Å². The van der Waals surface area contributed by atoms with Crippen LogP contribution in [-0.2, 0) is 11.2 Å². The molecule has 86 valence electrons. The molecule has 0 heterocycles. The minimum Gasteiger partial charge on any atom is -0.480 e. The first kappa shape index (κ1) is 13.5. The van der Waals surface area contributed by atoms with Crippen LogP contribution in [0, 0.1) is 3.57 Å². The minimum atomic E-state index is -0.959. The van der Waals surface area contributed by atoms with E-state index in [2.05, 4.69) is 27.8 Å². The Morgan fingerprint density at radius 2 is 2.06 bits per heavy atom. The summed E-state index contributed by atoms with van der Waals surface area (Å²) in [5, 5.41) is 20.7. The highest BCUT2D eigenvalue weighted by Crippen LogP contribution is 2.09. The SMILES string of the molecule is CB(O)NC(Cc1ccc(I)cc1)C(=O)O. The Morgan fingerprint density at radius 3 is 2.50 bits per heavy atom. The molecule has 0 amide bonds. The summed E-state index contributed by atoms with van der Waals surface area (Å²) in [4.78, 5) is 10.9. The van der Waals surface area contributed by atoms with Crippen molar-refractivity contribution < 1.29 is 14.9 Å². The predicted molar refractivity (Wildman–Crippen MR) is 71.3 cm³/mol. The van der Waals surface area contributed by atoms with Gasteiger partial charge in [-0.3, -0.25) is 4.79 Å². The summed E-state index contributed by atoms with van der Waals surface area (Å²) < 4.78 is 1.11. The Morgan fingerprint density at radius 1 is 1.50 bits per heavy atom. The van der Waals surface area contributed by atoms with Gasteiger partial charge in [0.05, 0.1) is 0 Å². The number of hydrogen-bond donors (Lipinski definition) is 3. The van der Waals surface area contributed by atoms with E-state index >= 15 is 0 Å². The van der Waals surface area contributed by atoms with Gasteiger partial charge in [0.15, 0.2) is 0 Å². The summed E-state index contributed by atoms with van der Waals surface area (Å²) in [7, 11) is -0.829. The largest absolute Gasteiger partial charge is 0.480 e. The van der Waals surface area contributed by atoms with Crippen molar-refractivity contribution in [2.24, 2.45) is 0 Å². The number of rotatable bonds is 5. The molecule has 0 spiro atoms. The van der Waals surface area contributed by atoms with E-state index in [-0.39, 0.29) is 0 Å². The van der Waals surface area contributed by atoms with Crippen molar-refractivity contribution in [2.75, 3.05) is 0 Å². The van der Waals surface area contributed by atoms with Crippen molar-refractivity contribution >= 4 is 35.6 Å². The zero-order chi connectivity index (χ0) is 12.1. The molecule has 0 fully saturated rings. The molecular formula is C10H13BINO3. The van der Waals surface area contributed by atoms with Crippen LogP contribution in [0.2, 0.25) is 6.82 Å². The number of aliphatic carboxylic acids is 1. The molecule has 1 atom stereocenters. The number of nitrogens with one attached hydrogen (secondary N) is 1. The fraction of sp³-hybridized carbons (Fsp3) is 0.300. The lowest BCUT2D eigenvalue weighted by Crippen LogP contribution is -2.46. The van der Waals surface area contributed by atoms with Crippen molar-refractivity contribution in [1.29, 1.82) is 0 Å². The van der Waals surface area contributed by atoms with Crippen molar-refractivity contribution in [2.45, 2.75) is 19.3 Å². The van der Waals surface area contributed by atoms with Gasteiger partial charge in [-0.2, -0.15) is 0 Å². The molecule has 0 aliphatic rings. The monoisotopic (exact) mass is 333 g/mol. The maximum Gasteiger partial charge on any atom is 0.374 e. The Kier molecular flexibility index (Phi) is 5.23. The average molecular weight is 333 g/mol. The first-order valence-corrected chi connectivity index (χ1v) is 5.98. The van der Waals surface area contributed by atoms with Gasteiger partial charge in [-0.25, -0.2) is 0 Å². The smallest absolute Gasteiger partial charge is 0.374 e. The molecule has 0 saturated carbocycles. The summed E-state index contributed by atoms with van der Waals surface area (Å²) >= 11 is 2.19. The first-order chi connectivity index (χ1) is 7.49. The molecule has 0 radical (unpaired) electrons. The highest BCUT2D eigenvalue weighted by Gasteiger charge is 2.20. The Labute approximate surface area is 108 Å². The summed E-state index contributed by atoms with van der Waals surface area (Å²) in [6, 6.07) is 6.87. The van der Waals surface area contributed by atoms with E-state index in [1.165, 1.54) is 6.82 Å². The third-order valence-corrected chi connectivity index (χ3v) is 2.81. The van der Waals surface area contributed by atoms with Gasteiger partial charge in [-0.05, 0) is 53.5 Å². The van der Waals surface area contributed by atoms with E-state index in [0.29, 0.717) is 6.42 Å². The molecule has 1 aromatic carbocycles. The molecule has 0 saturated heterocycles. The number of benzene rings is 1. The fourth-order valence-electron chi connectivity index (χ4n) is 1.36. The van der Waals surface area contributed by atoms with Crippen LogP contribution in [-0.4, -0.2) is 29.2 Å². The quantitative estimate of drug-likeness (QED) is 0.555. The Bertz CT molecular complexity index is 356. The van der Waals surface area contributed by atoms with Gasteiger partial charge in [-0.15, -0.1) is 0 Å². The van der Waals surface area contributed by atoms with Crippen LogP contribution >= 0.6 is 22.6 Å². The van der Waals surface area contributed by atoms with Crippen molar-refractivity contribution in [1.82, 2.24) is 5.23 Å². The molecule has 0 aliphatic carbocycles. The average Bonchev–Trinajstić information content (AvgIpc) is 2.19. The molecule has 0 bridgehead atoms. The topological polar surface area (TPSA) is 69.6 Å². The fourth-order valence-corrected chi connectivity index (χ4v) is 1.72. The second-order valence-electron chi connectivity index (χ2n) is 3.56. The van der Waals surface area contributed by atoms with Crippen LogP contribution in [0.4, 0.5) is 0 Å². The lowest BCUT2D eigenvalue weighted by atomic mass is 9.86. The maximum atomic E-state index is 10.9. The minimum absolute atomic E-state index is 0.358. The zero-order valence-corrected chi connectivity index (χ0v) is 11.0. The maximum absolute atomic E-state index is 10.9. The lowest BCUT2D eigenvalue weighted by molar-refractivity contribution is -0.139. The van der Waals surface area contributed by atoms with E-state index in [1.54, 1.807) is 0 Å². The molecule has 4 nitrogen and oxygen atoms in total. The van der Waals surface area contributed by atoms with Crippen molar-refractivity contribution in [3.05, 3.63) is 33.4 Å². The van der Waals surface area contributed by atoms with Crippen LogP contribution in [0.1, 0.15) is 5.56 Å². The number of hydrogen-bond acceptors (Lipinski definition) is 3. The normalized spacial score (nSPS) is 12.2. The number of carbonyl (C=O) groups is 1. The van der Waals surface area contributed by atoms with Crippen LogP contribution in [0.15, 0.2) is 24.3 Å². The zero-order valence-electron chi connectivity index (χ0n) is 8.85. The number of carboxylic acids is 1. The van der Waals surface area contributed by atoms with E-state index in [1.807, 2.05) is 24.3 Å². The second kappa shape index (κ2) is 6.22. The Balaban J connectivity index is 2.68. The van der Waals surface area contributed by atoms with E-state index in [0.717, 1.165) is 9.13 Å². The van der Waals surface area contributed by atoms with E-state index in [4.69, 9.17) is 10.1 Å². The lowest BCUT2D eigenvalue weighted by Gasteiger charge is -2.14. The van der Waals surface area contributed by atoms with Gasteiger partial charge in [0.1, 0.15) is 6.04 Å². The standard InChI is InChI=1S/C10H13BINO3/c1-11(16)13-9(10(14)15)6-7-2-4-8(12)5-3-7/h2-5,9,13,16H,6H2,1H3,(H,14,15). The van der Waals surface area contributed by atoms with Crippen LogP contribution in [0.3, 0.4) is 0 Å². The van der Waals surface area contributed by atoms with Gasteiger partial charge >= 0.3 is 13.0 Å². The van der Waals surface area contributed by atoms with Crippen molar-refractivity contribution in [3.63, 3.8) is 0 Å². The second-order valence-corrected chi connectivity index (χ2v) is 4.81.